The van der Waals surface area contributed by atoms with Crippen LogP contribution in [0.25, 0.3) is 0 Å². The second-order valence-electron chi connectivity index (χ2n) is 4.82. The maximum absolute atomic E-state index is 12.2. The molecule has 105 valence electrons. The number of hydrogen-bond acceptors (Lipinski definition) is 1. The molecule has 0 aliphatic rings. The lowest BCUT2D eigenvalue weighted by molar-refractivity contribution is -0.132. The van der Waals surface area contributed by atoms with Gasteiger partial charge < -0.3 is 4.90 Å². The van der Waals surface area contributed by atoms with E-state index in [-0.39, 0.29) is 12.5 Å². The van der Waals surface area contributed by atoms with Crippen LogP contribution in [0.2, 0.25) is 0 Å². The first-order valence-corrected chi connectivity index (χ1v) is 7.17. The summed E-state index contributed by atoms with van der Waals surface area (Å²) < 4.78 is 0. The first kappa shape index (κ1) is 15.7. The molecule has 0 aliphatic carbocycles. The van der Waals surface area contributed by atoms with E-state index in [2.05, 4.69) is 6.92 Å². The predicted molar refractivity (Wildman–Crippen MR) is 76.2 cm³/mol. The Balaban J connectivity index is 2.53. The van der Waals surface area contributed by atoms with Gasteiger partial charge in [-0.15, -0.1) is 0 Å². The summed E-state index contributed by atoms with van der Waals surface area (Å²) in [5, 5.41) is 10.6. The topological polar surface area (TPSA) is 40.2 Å². The Hall–Kier alpha value is -1.35. The van der Waals surface area contributed by atoms with Gasteiger partial charge in [0.2, 0.25) is 5.91 Å². The number of rotatable bonds is 9. The second kappa shape index (κ2) is 9.56. The molecule has 1 aromatic carbocycles. The SMILES string of the molecule is CCCCCC(=O)N(CCC[O])Cc1ccccc1. The zero-order chi connectivity index (χ0) is 13.9. The number of unbranched alkanes of at least 4 members (excludes halogenated alkanes) is 2. The molecule has 0 heterocycles. The van der Waals surface area contributed by atoms with E-state index in [1.807, 2.05) is 35.2 Å². The molecule has 0 aliphatic heterocycles. The van der Waals surface area contributed by atoms with Crippen molar-refractivity contribution in [1.29, 1.82) is 0 Å². The third-order valence-electron chi connectivity index (χ3n) is 3.14. The van der Waals surface area contributed by atoms with Crippen molar-refractivity contribution in [2.45, 2.75) is 45.6 Å². The molecule has 0 saturated carbocycles. The molecule has 1 aromatic rings. The average Bonchev–Trinajstić information content (AvgIpc) is 2.44. The van der Waals surface area contributed by atoms with Crippen LogP contribution in [0.4, 0.5) is 0 Å². The lowest BCUT2D eigenvalue weighted by atomic mass is 10.1. The zero-order valence-electron chi connectivity index (χ0n) is 11.8. The van der Waals surface area contributed by atoms with Crippen LogP contribution in [-0.4, -0.2) is 24.0 Å². The summed E-state index contributed by atoms with van der Waals surface area (Å²) in [4.78, 5) is 14.0. The van der Waals surface area contributed by atoms with E-state index < -0.39 is 0 Å². The van der Waals surface area contributed by atoms with Crippen LogP contribution in [0.1, 0.15) is 44.6 Å². The van der Waals surface area contributed by atoms with E-state index in [1.165, 1.54) is 0 Å². The number of carbonyl (C=O) groups excluding carboxylic acids is 1. The van der Waals surface area contributed by atoms with Gasteiger partial charge >= 0.3 is 0 Å². The fourth-order valence-corrected chi connectivity index (χ4v) is 2.04. The van der Waals surface area contributed by atoms with E-state index in [1.54, 1.807) is 0 Å². The number of amides is 1. The molecule has 0 saturated heterocycles. The summed E-state index contributed by atoms with van der Waals surface area (Å²) in [6, 6.07) is 9.95. The van der Waals surface area contributed by atoms with Gasteiger partial charge in [0.1, 0.15) is 0 Å². The fraction of sp³-hybridized carbons (Fsp3) is 0.562. The normalized spacial score (nSPS) is 10.4. The quantitative estimate of drug-likeness (QED) is 0.629. The van der Waals surface area contributed by atoms with E-state index in [0.717, 1.165) is 24.8 Å². The zero-order valence-corrected chi connectivity index (χ0v) is 11.8. The standard InChI is InChI=1S/C16H24NO2/c1-2-3-5-11-16(19)17(12-8-13-18)14-15-9-6-4-7-10-15/h4,6-7,9-10H,2-3,5,8,11-14H2,1H3. The first-order valence-electron chi connectivity index (χ1n) is 7.17. The number of carbonyl (C=O) groups is 1. The maximum atomic E-state index is 12.2. The Morgan fingerprint density at radius 1 is 1.11 bits per heavy atom. The fourth-order valence-electron chi connectivity index (χ4n) is 2.04. The van der Waals surface area contributed by atoms with Crippen molar-refractivity contribution < 1.29 is 9.90 Å². The highest BCUT2D eigenvalue weighted by Gasteiger charge is 2.13. The number of nitrogens with zero attached hydrogens (tertiary/aromatic N) is 1. The Kier molecular flexibility index (Phi) is 7.91. The summed E-state index contributed by atoms with van der Waals surface area (Å²) in [5.74, 6) is 0.172. The average molecular weight is 262 g/mol. The van der Waals surface area contributed by atoms with Crippen LogP contribution in [0.5, 0.6) is 0 Å². The molecule has 1 rings (SSSR count). The minimum absolute atomic E-state index is 0.118. The largest absolute Gasteiger partial charge is 0.338 e. The highest BCUT2D eigenvalue weighted by Crippen LogP contribution is 2.09. The van der Waals surface area contributed by atoms with Crippen LogP contribution in [0.15, 0.2) is 30.3 Å². The molecule has 19 heavy (non-hydrogen) atoms. The van der Waals surface area contributed by atoms with Crippen molar-refractivity contribution in [3.63, 3.8) is 0 Å². The van der Waals surface area contributed by atoms with Gasteiger partial charge in [-0.05, 0) is 18.4 Å². The number of hydrogen-bond donors (Lipinski definition) is 0. The molecule has 0 N–H and O–H groups in total. The van der Waals surface area contributed by atoms with Gasteiger partial charge in [0, 0.05) is 19.5 Å². The first-order chi connectivity index (χ1) is 9.27. The molecular formula is C16H24NO2. The van der Waals surface area contributed by atoms with Crippen molar-refractivity contribution in [1.82, 2.24) is 4.90 Å². The lowest BCUT2D eigenvalue weighted by Crippen LogP contribution is -2.31. The van der Waals surface area contributed by atoms with Gasteiger partial charge in [0.25, 0.3) is 0 Å². The van der Waals surface area contributed by atoms with Crippen LogP contribution < -0.4 is 0 Å². The third-order valence-corrected chi connectivity index (χ3v) is 3.14. The number of benzene rings is 1. The molecule has 0 spiro atoms. The Morgan fingerprint density at radius 2 is 1.84 bits per heavy atom. The Morgan fingerprint density at radius 3 is 2.47 bits per heavy atom. The molecule has 1 amide bonds. The van der Waals surface area contributed by atoms with E-state index in [9.17, 15) is 9.90 Å². The highest BCUT2D eigenvalue weighted by molar-refractivity contribution is 5.76. The minimum Gasteiger partial charge on any atom is -0.338 e. The van der Waals surface area contributed by atoms with E-state index in [4.69, 9.17) is 0 Å². The maximum Gasteiger partial charge on any atom is 0.222 e. The lowest BCUT2D eigenvalue weighted by Gasteiger charge is -2.22. The highest BCUT2D eigenvalue weighted by atomic mass is 16.3. The molecule has 3 nitrogen and oxygen atoms in total. The van der Waals surface area contributed by atoms with Crippen LogP contribution in [0.3, 0.4) is 0 Å². The van der Waals surface area contributed by atoms with Crippen molar-refractivity contribution in [2.24, 2.45) is 0 Å². The molecule has 3 heteroatoms. The minimum atomic E-state index is -0.118. The van der Waals surface area contributed by atoms with Crippen molar-refractivity contribution in [3.05, 3.63) is 35.9 Å². The van der Waals surface area contributed by atoms with Crippen LogP contribution in [-0.2, 0) is 16.4 Å². The molecular weight excluding hydrogens is 238 g/mol. The second-order valence-corrected chi connectivity index (χ2v) is 4.82. The van der Waals surface area contributed by atoms with E-state index in [0.29, 0.717) is 25.9 Å². The third kappa shape index (κ3) is 6.39. The van der Waals surface area contributed by atoms with Gasteiger partial charge in [-0.2, -0.15) is 0 Å². The van der Waals surface area contributed by atoms with Gasteiger partial charge in [0.05, 0.1) is 6.61 Å². The Labute approximate surface area is 116 Å². The molecule has 0 bridgehead atoms. The van der Waals surface area contributed by atoms with Gasteiger partial charge in [0.15, 0.2) is 0 Å². The monoisotopic (exact) mass is 262 g/mol. The Bertz CT molecular complexity index is 351. The summed E-state index contributed by atoms with van der Waals surface area (Å²) >= 11 is 0. The van der Waals surface area contributed by atoms with Crippen molar-refractivity contribution in [3.8, 4) is 0 Å². The summed E-state index contributed by atoms with van der Waals surface area (Å²) in [6.07, 6.45) is 4.28. The van der Waals surface area contributed by atoms with Crippen molar-refractivity contribution in [2.75, 3.05) is 13.2 Å². The molecule has 1 radical (unpaired) electrons. The van der Waals surface area contributed by atoms with Gasteiger partial charge in [-0.3, -0.25) is 4.79 Å². The van der Waals surface area contributed by atoms with E-state index >= 15 is 0 Å². The van der Waals surface area contributed by atoms with Crippen molar-refractivity contribution >= 4 is 5.91 Å². The summed E-state index contributed by atoms with van der Waals surface area (Å²) in [6.45, 7) is 3.20. The summed E-state index contributed by atoms with van der Waals surface area (Å²) in [5.41, 5.74) is 1.12. The van der Waals surface area contributed by atoms with Crippen LogP contribution >= 0.6 is 0 Å². The molecule has 0 aromatic heterocycles. The molecule has 0 unspecified atom stereocenters. The smallest absolute Gasteiger partial charge is 0.222 e. The predicted octanol–water partition coefficient (Wildman–Crippen LogP) is 3.42. The summed E-state index contributed by atoms with van der Waals surface area (Å²) in [7, 11) is 0. The van der Waals surface area contributed by atoms with Gasteiger partial charge in [-0.1, -0.05) is 50.1 Å². The van der Waals surface area contributed by atoms with Gasteiger partial charge in [-0.25, -0.2) is 5.11 Å². The molecule has 0 atom stereocenters. The van der Waals surface area contributed by atoms with Crippen LogP contribution in [0, 0.1) is 0 Å². The molecule has 0 fully saturated rings.